The molecule has 31 heavy (non-hydrogen) atoms. The molecule has 3 aliphatic carbocycles. The molecule has 6 atom stereocenters. The van der Waals surface area contributed by atoms with Gasteiger partial charge in [0.2, 0.25) is 5.91 Å². The zero-order valence-corrected chi connectivity index (χ0v) is 20.0. The number of imide groups is 1. The van der Waals surface area contributed by atoms with Crippen molar-refractivity contribution in [3.63, 3.8) is 0 Å². The third-order valence-electron chi connectivity index (χ3n) is 9.17. The van der Waals surface area contributed by atoms with Crippen LogP contribution in [-0.4, -0.2) is 33.5 Å². The van der Waals surface area contributed by atoms with Crippen LogP contribution in [0.15, 0.2) is 40.4 Å². The number of aliphatic hydroxyl groups excluding tert-OH is 1. The average molecular weight is 486 g/mol. The Kier molecular flexibility index (Phi) is 5.21. The molecule has 3 fully saturated rings. The van der Waals surface area contributed by atoms with Gasteiger partial charge in [0.25, 0.3) is 5.91 Å². The van der Waals surface area contributed by atoms with Gasteiger partial charge in [-0.05, 0) is 103 Å². The third kappa shape index (κ3) is 3.18. The highest BCUT2D eigenvalue weighted by Gasteiger charge is 2.59. The SMILES string of the molecule is C[C@]12CC[C@H](O)CC1=CC[C@@H]1[C@@H]2CC[C@@]2(C)[C@H]1CCC(=O)N2C(=O)c1ccccc1Br. The summed E-state index contributed by atoms with van der Waals surface area (Å²) in [5, 5.41) is 10.2. The van der Waals surface area contributed by atoms with Crippen molar-refractivity contribution in [1.29, 1.82) is 0 Å². The maximum atomic E-state index is 13.6. The minimum atomic E-state index is -0.432. The van der Waals surface area contributed by atoms with Crippen LogP contribution in [0, 0.1) is 23.2 Å². The molecule has 0 spiro atoms. The summed E-state index contributed by atoms with van der Waals surface area (Å²) in [4.78, 5) is 28.4. The fraction of sp³-hybridized carbons (Fsp3) is 0.615. The first kappa shape index (κ1) is 21.4. The van der Waals surface area contributed by atoms with Gasteiger partial charge in [-0.15, -0.1) is 0 Å². The van der Waals surface area contributed by atoms with Gasteiger partial charge >= 0.3 is 0 Å². The van der Waals surface area contributed by atoms with Crippen LogP contribution in [-0.2, 0) is 4.79 Å². The molecule has 2 amide bonds. The maximum absolute atomic E-state index is 13.6. The van der Waals surface area contributed by atoms with Gasteiger partial charge < -0.3 is 5.11 Å². The van der Waals surface area contributed by atoms with E-state index in [1.807, 2.05) is 24.3 Å². The first-order valence-corrected chi connectivity index (χ1v) is 12.5. The van der Waals surface area contributed by atoms with Gasteiger partial charge in [0.15, 0.2) is 0 Å². The minimum Gasteiger partial charge on any atom is -0.393 e. The van der Waals surface area contributed by atoms with E-state index >= 15 is 0 Å². The molecule has 1 aromatic rings. The summed E-state index contributed by atoms with van der Waals surface area (Å²) in [6.07, 6.45) is 9.17. The molecule has 4 aliphatic rings. The zero-order chi connectivity index (χ0) is 22.0. The molecule has 1 aromatic carbocycles. The molecule has 0 aromatic heterocycles. The molecule has 2 saturated carbocycles. The minimum absolute atomic E-state index is 0.0306. The molecule has 1 N–H and O–H groups in total. The van der Waals surface area contributed by atoms with Crippen LogP contribution in [0.25, 0.3) is 0 Å². The average Bonchev–Trinajstić information content (AvgIpc) is 2.73. The highest BCUT2D eigenvalue weighted by atomic mass is 79.9. The third-order valence-corrected chi connectivity index (χ3v) is 9.86. The van der Waals surface area contributed by atoms with Crippen LogP contribution < -0.4 is 0 Å². The van der Waals surface area contributed by atoms with Gasteiger partial charge in [-0.2, -0.15) is 0 Å². The van der Waals surface area contributed by atoms with Gasteiger partial charge in [0, 0.05) is 10.9 Å². The van der Waals surface area contributed by atoms with Crippen molar-refractivity contribution in [3.8, 4) is 0 Å². The van der Waals surface area contributed by atoms with Gasteiger partial charge in [0.05, 0.1) is 17.2 Å². The first-order chi connectivity index (χ1) is 14.8. The number of rotatable bonds is 1. The Morgan fingerprint density at radius 1 is 1.13 bits per heavy atom. The monoisotopic (exact) mass is 485 g/mol. The number of fused-ring (bicyclic) bond motifs is 5. The van der Waals surface area contributed by atoms with Crippen LogP contribution in [0.3, 0.4) is 0 Å². The molecule has 0 radical (unpaired) electrons. The van der Waals surface area contributed by atoms with E-state index in [0.717, 1.165) is 49.4 Å². The molecule has 166 valence electrons. The Balaban J connectivity index is 1.50. The summed E-state index contributed by atoms with van der Waals surface area (Å²) >= 11 is 3.51. The van der Waals surface area contributed by atoms with E-state index in [2.05, 4.69) is 35.9 Å². The van der Waals surface area contributed by atoms with Gasteiger partial charge in [-0.25, -0.2) is 0 Å². The second-order valence-electron chi connectivity index (χ2n) is 10.6. The molecule has 1 saturated heterocycles. The van der Waals surface area contributed by atoms with E-state index in [1.165, 1.54) is 5.57 Å². The highest BCUT2D eigenvalue weighted by Crippen LogP contribution is 2.61. The summed E-state index contributed by atoms with van der Waals surface area (Å²) in [7, 11) is 0. The smallest absolute Gasteiger partial charge is 0.262 e. The highest BCUT2D eigenvalue weighted by molar-refractivity contribution is 9.10. The van der Waals surface area contributed by atoms with Crippen molar-refractivity contribution >= 4 is 27.7 Å². The lowest BCUT2D eigenvalue weighted by Crippen LogP contribution is -2.65. The number of carbonyl (C=O) groups excluding carboxylic acids is 2. The Morgan fingerprint density at radius 2 is 1.90 bits per heavy atom. The fourth-order valence-electron chi connectivity index (χ4n) is 7.52. The van der Waals surface area contributed by atoms with E-state index in [-0.39, 0.29) is 23.3 Å². The quantitative estimate of drug-likeness (QED) is 0.422. The second-order valence-corrected chi connectivity index (χ2v) is 11.5. The van der Waals surface area contributed by atoms with Crippen LogP contribution in [0.2, 0.25) is 0 Å². The van der Waals surface area contributed by atoms with Crippen molar-refractivity contribution < 1.29 is 14.7 Å². The van der Waals surface area contributed by atoms with Crippen LogP contribution in [0.1, 0.15) is 75.6 Å². The van der Waals surface area contributed by atoms with E-state index < -0.39 is 5.54 Å². The Labute approximate surface area is 193 Å². The molecule has 1 aliphatic heterocycles. The number of benzene rings is 1. The normalized spacial score (nSPS) is 39.8. The fourth-order valence-corrected chi connectivity index (χ4v) is 7.98. The van der Waals surface area contributed by atoms with Crippen molar-refractivity contribution in [2.45, 2.75) is 76.9 Å². The molecular weight excluding hydrogens is 454 g/mol. The molecule has 0 bridgehead atoms. The number of hydrogen-bond donors (Lipinski definition) is 1. The van der Waals surface area contributed by atoms with Crippen molar-refractivity contribution in [3.05, 3.63) is 46.0 Å². The predicted molar refractivity (Wildman–Crippen MR) is 123 cm³/mol. The molecule has 5 heteroatoms. The predicted octanol–water partition coefficient (Wildman–Crippen LogP) is 5.49. The van der Waals surface area contributed by atoms with Crippen LogP contribution >= 0.6 is 15.9 Å². The van der Waals surface area contributed by atoms with E-state index in [0.29, 0.717) is 29.7 Å². The van der Waals surface area contributed by atoms with E-state index in [9.17, 15) is 14.7 Å². The van der Waals surface area contributed by atoms with Crippen LogP contribution in [0.5, 0.6) is 0 Å². The summed E-state index contributed by atoms with van der Waals surface area (Å²) in [6.45, 7) is 4.56. The summed E-state index contributed by atoms with van der Waals surface area (Å²) < 4.78 is 0.741. The number of amides is 2. The lowest BCUT2D eigenvalue weighted by Gasteiger charge is -2.61. The van der Waals surface area contributed by atoms with Gasteiger partial charge in [-0.3, -0.25) is 14.5 Å². The van der Waals surface area contributed by atoms with E-state index in [4.69, 9.17) is 0 Å². The number of halogens is 1. The lowest BCUT2D eigenvalue weighted by atomic mass is 9.48. The summed E-state index contributed by atoms with van der Waals surface area (Å²) in [5.74, 6) is 1.20. The molecule has 4 nitrogen and oxygen atoms in total. The van der Waals surface area contributed by atoms with Crippen LogP contribution in [0.4, 0.5) is 0 Å². The van der Waals surface area contributed by atoms with Gasteiger partial charge in [0.1, 0.15) is 0 Å². The Bertz CT molecular complexity index is 958. The molecular formula is C26H32BrNO3. The molecule has 1 heterocycles. The molecule has 5 rings (SSSR count). The zero-order valence-electron chi connectivity index (χ0n) is 18.4. The second kappa shape index (κ2) is 7.55. The van der Waals surface area contributed by atoms with Crippen molar-refractivity contribution in [1.82, 2.24) is 4.90 Å². The lowest BCUT2D eigenvalue weighted by molar-refractivity contribution is -0.150. The van der Waals surface area contributed by atoms with E-state index in [1.54, 1.807) is 4.90 Å². The first-order valence-electron chi connectivity index (χ1n) is 11.7. The Hall–Kier alpha value is -1.46. The maximum Gasteiger partial charge on any atom is 0.262 e. The molecule has 0 unspecified atom stereocenters. The van der Waals surface area contributed by atoms with Crippen molar-refractivity contribution in [2.75, 3.05) is 0 Å². The number of nitrogens with zero attached hydrogens (tertiary/aromatic N) is 1. The number of allylic oxidation sites excluding steroid dienone is 1. The summed E-state index contributed by atoms with van der Waals surface area (Å²) in [6, 6.07) is 7.42. The summed E-state index contributed by atoms with van der Waals surface area (Å²) in [5.41, 5.74) is 1.74. The number of hydrogen-bond acceptors (Lipinski definition) is 3. The van der Waals surface area contributed by atoms with Gasteiger partial charge in [-0.1, -0.05) is 30.7 Å². The standard InChI is InChI=1S/C26H32BrNO3/c1-25-13-11-17(29)15-16(25)7-8-18-20(25)12-14-26(2)21(18)9-10-23(30)28(26)24(31)19-5-3-4-6-22(19)27/h3-7,17-18,20-21,29H,8-15H2,1-2H3/t17-,18+,20-,21-,25-,26-/m0/s1. The number of carbonyl (C=O) groups is 2. The topological polar surface area (TPSA) is 57.6 Å². The largest absolute Gasteiger partial charge is 0.393 e. The number of aliphatic hydroxyl groups is 1. The Morgan fingerprint density at radius 3 is 2.68 bits per heavy atom. The number of likely N-dealkylation sites (tertiary alicyclic amines) is 1. The van der Waals surface area contributed by atoms with Crippen molar-refractivity contribution in [2.24, 2.45) is 23.2 Å². The number of piperidine rings is 1.